The normalized spacial score (nSPS) is 12.1. The van der Waals surface area contributed by atoms with E-state index in [1.807, 2.05) is 12.1 Å². The molecule has 3 N–H and O–H groups in total. The predicted octanol–water partition coefficient (Wildman–Crippen LogP) is 2.88. The van der Waals surface area contributed by atoms with Crippen LogP contribution in [0.3, 0.4) is 0 Å². The number of hydrogen-bond acceptors (Lipinski definition) is 3. The van der Waals surface area contributed by atoms with Gasteiger partial charge in [-0.25, -0.2) is 0 Å². The second-order valence-corrected chi connectivity index (χ2v) is 4.20. The summed E-state index contributed by atoms with van der Waals surface area (Å²) in [7, 11) is 0. The summed E-state index contributed by atoms with van der Waals surface area (Å²) in [6.07, 6.45) is 3.43. The van der Waals surface area contributed by atoms with E-state index in [-0.39, 0.29) is 0 Å². The van der Waals surface area contributed by atoms with Crippen molar-refractivity contribution < 1.29 is 0 Å². The van der Waals surface area contributed by atoms with Gasteiger partial charge in [0.2, 0.25) is 0 Å². The number of anilines is 2. The molecule has 1 aromatic heterocycles. The van der Waals surface area contributed by atoms with Crippen LogP contribution >= 0.6 is 0 Å². The van der Waals surface area contributed by atoms with Crippen LogP contribution in [0.4, 0.5) is 11.4 Å². The maximum absolute atomic E-state index is 5.67. The number of rotatable bonds is 4. The van der Waals surface area contributed by atoms with Gasteiger partial charge in [0.15, 0.2) is 0 Å². The van der Waals surface area contributed by atoms with Crippen LogP contribution in [0.5, 0.6) is 0 Å². The Morgan fingerprint density at radius 2 is 2.00 bits per heavy atom. The summed E-state index contributed by atoms with van der Waals surface area (Å²) in [5, 5.41) is 3.34. The molecular weight excluding hydrogens is 210 g/mol. The first kappa shape index (κ1) is 11.5. The molecule has 0 spiro atoms. The third-order valence-corrected chi connectivity index (χ3v) is 2.74. The maximum atomic E-state index is 5.67. The van der Waals surface area contributed by atoms with Crippen LogP contribution in [0.15, 0.2) is 48.8 Å². The molecule has 0 aliphatic rings. The van der Waals surface area contributed by atoms with Crippen LogP contribution in [0.1, 0.15) is 18.4 Å². The molecule has 0 fully saturated rings. The maximum Gasteiger partial charge on any atom is 0.0547 e. The summed E-state index contributed by atoms with van der Waals surface area (Å²) in [5.74, 6) is 0.456. The van der Waals surface area contributed by atoms with E-state index in [0.29, 0.717) is 11.6 Å². The van der Waals surface area contributed by atoms with Gasteiger partial charge in [-0.15, -0.1) is 0 Å². The Balaban J connectivity index is 1.95. The number of pyridine rings is 1. The standard InChI is InChI=1S/C14H17N3/c1-11(12-5-3-2-4-6-12)8-17-14-7-13(15)9-16-10-14/h2-7,9-11,17H,8,15H2,1H3. The molecule has 88 valence electrons. The number of nitrogen functional groups attached to an aromatic ring is 1. The molecule has 0 aliphatic carbocycles. The van der Waals surface area contributed by atoms with E-state index in [2.05, 4.69) is 41.5 Å². The zero-order valence-electron chi connectivity index (χ0n) is 9.93. The highest BCUT2D eigenvalue weighted by atomic mass is 14.9. The van der Waals surface area contributed by atoms with Crippen LogP contribution in [0.2, 0.25) is 0 Å². The van der Waals surface area contributed by atoms with Crippen molar-refractivity contribution in [1.82, 2.24) is 4.98 Å². The van der Waals surface area contributed by atoms with E-state index in [9.17, 15) is 0 Å². The minimum absolute atomic E-state index is 0.456. The first-order chi connectivity index (χ1) is 8.25. The smallest absolute Gasteiger partial charge is 0.0547 e. The summed E-state index contributed by atoms with van der Waals surface area (Å²) < 4.78 is 0. The fraction of sp³-hybridized carbons (Fsp3) is 0.214. The van der Waals surface area contributed by atoms with Gasteiger partial charge in [0.05, 0.1) is 17.6 Å². The van der Waals surface area contributed by atoms with Crippen molar-refractivity contribution in [3.8, 4) is 0 Å². The summed E-state index contributed by atoms with van der Waals surface area (Å²) in [6.45, 7) is 3.07. The monoisotopic (exact) mass is 227 g/mol. The van der Waals surface area contributed by atoms with Crippen molar-refractivity contribution in [2.24, 2.45) is 0 Å². The third-order valence-electron chi connectivity index (χ3n) is 2.74. The number of nitrogens with two attached hydrogens (primary N) is 1. The molecule has 1 heterocycles. The molecule has 2 rings (SSSR count). The first-order valence-electron chi connectivity index (χ1n) is 5.75. The third kappa shape index (κ3) is 3.21. The molecule has 1 unspecified atom stereocenters. The van der Waals surface area contributed by atoms with Crippen LogP contribution < -0.4 is 11.1 Å². The lowest BCUT2D eigenvalue weighted by Crippen LogP contribution is -2.10. The van der Waals surface area contributed by atoms with Crippen molar-refractivity contribution in [3.05, 3.63) is 54.4 Å². The van der Waals surface area contributed by atoms with Gasteiger partial charge in [0.1, 0.15) is 0 Å². The number of hydrogen-bond donors (Lipinski definition) is 2. The molecule has 1 atom stereocenters. The zero-order valence-corrected chi connectivity index (χ0v) is 9.93. The molecule has 2 aromatic rings. The van der Waals surface area contributed by atoms with Crippen LogP contribution in [0, 0.1) is 0 Å². The van der Waals surface area contributed by atoms with Gasteiger partial charge in [-0.3, -0.25) is 4.98 Å². The second kappa shape index (κ2) is 5.34. The van der Waals surface area contributed by atoms with Gasteiger partial charge in [-0.05, 0) is 17.5 Å². The van der Waals surface area contributed by atoms with Crippen molar-refractivity contribution in [2.75, 3.05) is 17.6 Å². The van der Waals surface area contributed by atoms with Crippen molar-refractivity contribution in [1.29, 1.82) is 0 Å². The second-order valence-electron chi connectivity index (χ2n) is 4.20. The highest BCUT2D eigenvalue weighted by Crippen LogP contribution is 2.16. The summed E-state index contributed by atoms with van der Waals surface area (Å²) in [5.41, 5.74) is 8.65. The Morgan fingerprint density at radius 3 is 2.71 bits per heavy atom. The van der Waals surface area contributed by atoms with E-state index < -0.39 is 0 Å². The fourth-order valence-corrected chi connectivity index (χ4v) is 1.72. The Labute approximate surface area is 102 Å². The number of benzene rings is 1. The molecule has 17 heavy (non-hydrogen) atoms. The molecule has 3 heteroatoms. The van der Waals surface area contributed by atoms with E-state index >= 15 is 0 Å². The molecule has 0 radical (unpaired) electrons. The van der Waals surface area contributed by atoms with Crippen LogP contribution in [0.25, 0.3) is 0 Å². The molecule has 3 nitrogen and oxygen atoms in total. The Kier molecular flexibility index (Phi) is 3.60. The lowest BCUT2D eigenvalue weighted by Gasteiger charge is -2.13. The molecule has 0 aliphatic heterocycles. The quantitative estimate of drug-likeness (QED) is 0.844. The minimum atomic E-state index is 0.456. The first-order valence-corrected chi connectivity index (χ1v) is 5.75. The van der Waals surface area contributed by atoms with E-state index in [1.54, 1.807) is 12.4 Å². The average Bonchev–Trinajstić information content (AvgIpc) is 2.37. The lowest BCUT2D eigenvalue weighted by molar-refractivity contribution is 0.804. The largest absolute Gasteiger partial charge is 0.397 e. The van der Waals surface area contributed by atoms with Crippen LogP contribution in [-0.2, 0) is 0 Å². The van der Waals surface area contributed by atoms with E-state index in [1.165, 1.54) is 5.56 Å². The molecular formula is C14H17N3. The molecule has 0 bridgehead atoms. The van der Waals surface area contributed by atoms with E-state index in [4.69, 9.17) is 5.73 Å². The summed E-state index contributed by atoms with van der Waals surface area (Å²) in [4.78, 5) is 4.05. The van der Waals surface area contributed by atoms with Gasteiger partial charge >= 0.3 is 0 Å². The molecule has 1 aromatic carbocycles. The van der Waals surface area contributed by atoms with Crippen molar-refractivity contribution in [2.45, 2.75) is 12.8 Å². The Hall–Kier alpha value is -2.03. The summed E-state index contributed by atoms with van der Waals surface area (Å²) in [6, 6.07) is 12.3. The van der Waals surface area contributed by atoms with E-state index in [0.717, 1.165) is 12.2 Å². The zero-order chi connectivity index (χ0) is 12.1. The lowest BCUT2D eigenvalue weighted by atomic mass is 10.0. The topological polar surface area (TPSA) is 50.9 Å². The Bertz CT molecular complexity index is 468. The SMILES string of the molecule is CC(CNc1cncc(N)c1)c1ccccc1. The number of nitrogens with one attached hydrogen (secondary N) is 1. The molecule has 0 saturated heterocycles. The highest BCUT2D eigenvalue weighted by Gasteiger charge is 2.04. The number of nitrogens with zero attached hydrogens (tertiary/aromatic N) is 1. The van der Waals surface area contributed by atoms with Crippen molar-refractivity contribution >= 4 is 11.4 Å². The average molecular weight is 227 g/mol. The van der Waals surface area contributed by atoms with Gasteiger partial charge in [0, 0.05) is 12.7 Å². The summed E-state index contributed by atoms with van der Waals surface area (Å²) >= 11 is 0. The fourth-order valence-electron chi connectivity index (χ4n) is 1.72. The highest BCUT2D eigenvalue weighted by molar-refractivity contribution is 5.51. The van der Waals surface area contributed by atoms with Gasteiger partial charge in [-0.1, -0.05) is 37.3 Å². The number of aromatic nitrogens is 1. The van der Waals surface area contributed by atoms with Gasteiger partial charge in [-0.2, -0.15) is 0 Å². The molecule has 0 saturated carbocycles. The molecule has 0 amide bonds. The van der Waals surface area contributed by atoms with Crippen LogP contribution in [-0.4, -0.2) is 11.5 Å². The predicted molar refractivity (Wildman–Crippen MR) is 72.0 cm³/mol. The van der Waals surface area contributed by atoms with Crippen molar-refractivity contribution in [3.63, 3.8) is 0 Å². The van der Waals surface area contributed by atoms with Gasteiger partial charge < -0.3 is 11.1 Å². The minimum Gasteiger partial charge on any atom is -0.397 e. The van der Waals surface area contributed by atoms with Gasteiger partial charge in [0.25, 0.3) is 0 Å². The Morgan fingerprint density at radius 1 is 1.24 bits per heavy atom.